The molecule has 0 aliphatic heterocycles. The van der Waals surface area contributed by atoms with Crippen molar-refractivity contribution in [2.45, 2.75) is 252 Å². The summed E-state index contributed by atoms with van der Waals surface area (Å²) in [6.07, 6.45) is 63.1. The lowest BCUT2D eigenvalue weighted by atomic mass is 10.1. The molecule has 0 aliphatic carbocycles. The van der Waals surface area contributed by atoms with Crippen LogP contribution in [0.4, 0.5) is 0 Å². The van der Waals surface area contributed by atoms with Gasteiger partial charge in [0.1, 0.15) is 13.2 Å². The fourth-order valence-electron chi connectivity index (χ4n) is 7.01. The molecule has 0 amide bonds. The van der Waals surface area contributed by atoms with Crippen LogP contribution in [0.1, 0.15) is 245 Å². The molecule has 1 atom stereocenters. The molecule has 0 bridgehead atoms. The van der Waals surface area contributed by atoms with Crippen LogP contribution in [0, 0.1) is 0 Å². The summed E-state index contributed by atoms with van der Waals surface area (Å²) in [5.74, 6) is -0.939. The molecule has 0 heterocycles. The summed E-state index contributed by atoms with van der Waals surface area (Å²) in [6.45, 7) is 6.45. The Hall–Kier alpha value is -3.15. The number of rotatable bonds is 46. The molecule has 6 heteroatoms. The highest BCUT2D eigenvalue weighted by molar-refractivity contribution is 5.71. The highest BCUT2D eigenvalue weighted by Crippen LogP contribution is 2.13. The Morgan fingerprint density at radius 1 is 0.339 bits per heavy atom. The van der Waals surface area contributed by atoms with Crippen LogP contribution in [0.25, 0.3) is 0 Å². The Balaban J connectivity index is 4.44. The van der Waals surface area contributed by atoms with Crippen LogP contribution in [0.15, 0.2) is 72.9 Å². The van der Waals surface area contributed by atoms with Gasteiger partial charge in [0, 0.05) is 19.3 Å². The fraction of sp³-hybridized carbons (Fsp3) is 0.732. The summed E-state index contributed by atoms with van der Waals surface area (Å²) >= 11 is 0. The quantitative estimate of drug-likeness (QED) is 0.0262. The zero-order valence-corrected chi connectivity index (χ0v) is 40.6. The van der Waals surface area contributed by atoms with Crippen molar-refractivity contribution in [1.82, 2.24) is 0 Å². The molecule has 0 rings (SSSR count). The van der Waals surface area contributed by atoms with Gasteiger partial charge in [-0.1, -0.05) is 190 Å². The number of allylic oxidation sites excluding steroid dienone is 12. The fourth-order valence-corrected chi connectivity index (χ4v) is 7.01. The normalized spacial score (nSPS) is 12.6. The van der Waals surface area contributed by atoms with E-state index in [-0.39, 0.29) is 31.1 Å². The zero-order valence-electron chi connectivity index (χ0n) is 40.6. The Labute approximate surface area is 382 Å². The lowest BCUT2D eigenvalue weighted by Crippen LogP contribution is -2.30. The van der Waals surface area contributed by atoms with Crippen LogP contribution in [0.5, 0.6) is 0 Å². The Bertz CT molecular complexity index is 1180. The Morgan fingerprint density at radius 2 is 0.629 bits per heavy atom. The standard InChI is InChI=1S/C56H96O6/c1-4-7-10-13-16-19-22-25-27-28-29-32-34-37-40-43-46-49-55(58)61-52-53(51-60-54(57)48-45-42-39-36-33-30-24-21-18-15-12-9-6-3)62-56(59)50-47-44-41-38-35-31-26-23-20-17-14-11-8-5-2/h8,11,16-17,19-20,25-27,30-31,33,53H,4-7,9-10,12-15,18,21-24,28-29,32,34-52H2,1-3H3/b11-8-,19-16-,20-17-,27-25-,31-26-,33-30-. The summed E-state index contributed by atoms with van der Waals surface area (Å²) in [5.41, 5.74) is 0. The van der Waals surface area contributed by atoms with Crippen molar-refractivity contribution in [3.63, 3.8) is 0 Å². The van der Waals surface area contributed by atoms with Crippen LogP contribution >= 0.6 is 0 Å². The van der Waals surface area contributed by atoms with Gasteiger partial charge in [-0.2, -0.15) is 0 Å². The maximum absolute atomic E-state index is 12.8. The van der Waals surface area contributed by atoms with E-state index in [1.54, 1.807) is 0 Å². The molecule has 0 aliphatic rings. The van der Waals surface area contributed by atoms with Gasteiger partial charge in [-0.15, -0.1) is 0 Å². The summed E-state index contributed by atoms with van der Waals surface area (Å²) in [6, 6.07) is 0. The summed E-state index contributed by atoms with van der Waals surface area (Å²) < 4.78 is 16.8. The predicted octanol–water partition coefficient (Wildman–Crippen LogP) is 17.0. The average Bonchev–Trinajstić information content (AvgIpc) is 3.27. The molecule has 0 saturated heterocycles. The first kappa shape index (κ1) is 58.9. The molecule has 1 unspecified atom stereocenters. The van der Waals surface area contributed by atoms with Gasteiger partial charge in [0.2, 0.25) is 0 Å². The number of hydrogen-bond acceptors (Lipinski definition) is 6. The van der Waals surface area contributed by atoms with E-state index in [1.165, 1.54) is 89.9 Å². The second kappa shape index (κ2) is 50.5. The molecule has 62 heavy (non-hydrogen) atoms. The molecule has 0 radical (unpaired) electrons. The minimum atomic E-state index is -0.795. The van der Waals surface area contributed by atoms with Crippen molar-refractivity contribution < 1.29 is 28.6 Å². The SMILES string of the molecule is CC/C=C\C/C=C\C/C=C\CCCCCCC(=O)OC(COC(=O)CCCCC/C=C\CCCCCCCC)COC(=O)CCCCCCCCC/C=C\C/C=C\CCCCC. The molecule has 0 saturated carbocycles. The van der Waals surface area contributed by atoms with E-state index in [9.17, 15) is 14.4 Å². The zero-order chi connectivity index (χ0) is 45.1. The smallest absolute Gasteiger partial charge is 0.306 e. The lowest BCUT2D eigenvalue weighted by molar-refractivity contribution is -0.167. The van der Waals surface area contributed by atoms with E-state index in [0.29, 0.717) is 19.3 Å². The highest BCUT2D eigenvalue weighted by Gasteiger charge is 2.19. The molecular weight excluding hydrogens is 769 g/mol. The second-order valence-corrected chi connectivity index (χ2v) is 17.0. The Kier molecular flexibility index (Phi) is 47.9. The molecule has 0 N–H and O–H groups in total. The van der Waals surface area contributed by atoms with E-state index < -0.39 is 6.10 Å². The van der Waals surface area contributed by atoms with E-state index >= 15 is 0 Å². The van der Waals surface area contributed by atoms with Gasteiger partial charge >= 0.3 is 17.9 Å². The number of carbonyl (C=O) groups excluding carboxylic acids is 3. The number of esters is 3. The maximum Gasteiger partial charge on any atom is 0.306 e. The van der Waals surface area contributed by atoms with Crippen LogP contribution in [0.3, 0.4) is 0 Å². The highest BCUT2D eigenvalue weighted by atomic mass is 16.6. The molecule has 356 valence electrons. The molecule has 0 aromatic rings. The molecule has 0 spiro atoms. The van der Waals surface area contributed by atoms with Crippen molar-refractivity contribution in [2.75, 3.05) is 13.2 Å². The number of carbonyl (C=O) groups is 3. The van der Waals surface area contributed by atoms with E-state index in [2.05, 4.69) is 93.7 Å². The van der Waals surface area contributed by atoms with Crippen molar-refractivity contribution >= 4 is 17.9 Å². The summed E-state index contributed by atoms with van der Waals surface area (Å²) in [4.78, 5) is 38.0. The second-order valence-electron chi connectivity index (χ2n) is 17.0. The number of ether oxygens (including phenoxy) is 3. The molecule has 0 fully saturated rings. The number of unbranched alkanes of at least 4 members (excludes halogenated alkanes) is 23. The van der Waals surface area contributed by atoms with E-state index in [4.69, 9.17) is 14.2 Å². The third kappa shape index (κ3) is 47.9. The topological polar surface area (TPSA) is 78.9 Å². The monoisotopic (exact) mass is 865 g/mol. The number of hydrogen-bond donors (Lipinski definition) is 0. The van der Waals surface area contributed by atoms with Crippen molar-refractivity contribution in [1.29, 1.82) is 0 Å². The van der Waals surface area contributed by atoms with Gasteiger partial charge in [-0.25, -0.2) is 0 Å². The van der Waals surface area contributed by atoms with Crippen LogP contribution in [-0.2, 0) is 28.6 Å². The average molecular weight is 865 g/mol. The van der Waals surface area contributed by atoms with Gasteiger partial charge in [0.05, 0.1) is 0 Å². The first-order valence-corrected chi connectivity index (χ1v) is 25.9. The van der Waals surface area contributed by atoms with Gasteiger partial charge in [-0.05, 0) is 109 Å². The van der Waals surface area contributed by atoms with Gasteiger partial charge in [0.15, 0.2) is 6.10 Å². The maximum atomic E-state index is 12.8. The summed E-state index contributed by atoms with van der Waals surface area (Å²) in [5, 5.41) is 0. The van der Waals surface area contributed by atoms with Crippen molar-refractivity contribution in [3.8, 4) is 0 Å². The van der Waals surface area contributed by atoms with Crippen molar-refractivity contribution in [3.05, 3.63) is 72.9 Å². The van der Waals surface area contributed by atoms with Crippen LogP contribution in [0.2, 0.25) is 0 Å². The molecule has 0 aromatic heterocycles. The minimum absolute atomic E-state index is 0.0937. The Morgan fingerprint density at radius 3 is 1.05 bits per heavy atom. The van der Waals surface area contributed by atoms with Crippen LogP contribution < -0.4 is 0 Å². The summed E-state index contributed by atoms with van der Waals surface area (Å²) in [7, 11) is 0. The minimum Gasteiger partial charge on any atom is -0.462 e. The van der Waals surface area contributed by atoms with Gasteiger partial charge in [0.25, 0.3) is 0 Å². The van der Waals surface area contributed by atoms with Gasteiger partial charge < -0.3 is 14.2 Å². The van der Waals surface area contributed by atoms with Crippen LogP contribution in [-0.4, -0.2) is 37.2 Å². The van der Waals surface area contributed by atoms with E-state index in [0.717, 1.165) is 116 Å². The molecular formula is C56H96O6. The third-order valence-corrected chi connectivity index (χ3v) is 10.9. The molecule has 6 nitrogen and oxygen atoms in total. The third-order valence-electron chi connectivity index (χ3n) is 10.9. The van der Waals surface area contributed by atoms with Crippen molar-refractivity contribution in [2.24, 2.45) is 0 Å². The van der Waals surface area contributed by atoms with Gasteiger partial charge in [-0.3, -0.25) is 14.4 Å². The molecule has 0 aromatic carbocycles. The van der Waals surface area contributed by atoms with E-state index in [1.807, 2.05) is 0 Å². The first-order valence-electron chi connectivity index (χ1n) is 25.9. The predicted molar refractivity (Wildman–Crippen MR) is 265 cm³/mol. The largest absolute Gasteiger partial charge is 0.462 e. The lowest BCUT2D eigenvalue weighted by Gasteiger charge is -2.18. The first-order chi connectivity index (χ1) is 30.5.